The van der Waals surface area contributed by atoms with Crippen molar-refractivity contribution in [2.75, 3.05) is 0 Å². The number of aromatic nitrogens is 1. The third kappa shape index (κ3) is 2.11. The zero-order valence-corrected chi connectivity index (χ0v) is 7.13. The van der Waals surface area contributed by atoms with Gasteiger partial charge in [-0.15, -0.1) is 0 Å². The standard InChI is InChI=1S/C6H2ClF3N2O2/c7-4-1-3(6(8,9)10)2-11-5(4)12(13)14/h1-2H. The third-order valence-corrected chi connectivity index (χ3v) is 1.60. The van der Waals surface area contributed by atoms with Crippen molar-refractivity contribution >= 4 is 17.4 Å². The Morgan fingerprint density at radius 2 is 2.07 bits per heavy atom. The molecule has 0 atom stereocenters. The number of alkyl halides is 3. The smallest absolute Gasteiger partial charge is 0.358 e. The second-order valence-electron chi connectivity index (χ2n) is 2.28. The van der Waals surface area contributed by atoms with E-state index in [0.29, 0.717) is 12.3 Å². The van der Waals surface area contributed by atoms with E-state index in [2.05, 4.69) is 4.98 Å². The Kier molecular flexibility index (Phi) is 2.61. The summed E-state index contributed by atoms with van der Waals surface area (Å²) in [5.41, 5.74) is -1.12. The minimum Gasteiger partial charge on any atom is -0.358 e. The van der Waals surface area contributed by atoms with Crippen molar-refractivity contribution < 1.29 is 18.1 Å². The molecule has 0 radical (unpaired) electrons. The van der Waals surface area contributed by atoms with Gasteiger partial charge in [-0.2, -0.15) is 13.2 Å². The first-order valence-corrected chi connectivity index (χ1v) is 3.57. The van der Waals surface area contributed by atoms with Gasteiger partial charge in [0.15, 0.2) is 6.20 Å². The van der Waals surface area contributed by atoms with Crippen LogP contribution < -0.4 is 0 Å². The SMILES string of the molecule is O=[N+]([O-])c1ncc(C(F)(F)F)cc1Cl. The Bertz CT molecular complexity index is 380. The molecule has 0 saturated carbocycles. The highest BCUT2D eigenvalue weighted by atomic mass is 35.5. The summed E-state index contributed by atoms with van der Waals surface area (Å²) in [6, 6.07) is 0.465. The molecule has 14 heavy (non-hydrogen) atoms. The van der Waals surface area contributed by atoms with Crippen LogP contribution in [0.3, 0.4) is 0 Å². The molecule has 1 aromatic rings. The third-order valence-electron chi connectivity index (χ3n) is 1.32. The van der Waals surface area contributed by atoms with E-state index in [1.165, 1.54) is 0 Å². The Labute approximate surface area is 80.5 Å². The first-order valence-electron chi connectivity index (χ1n) is 3.19. The molecule has 1 rings (SSSR count). The number of hydrogen-bond acceptors (Lipinski definition) is 3. The summed E-state index contributed by atoms with van der Waals surface area (Å²) in [6.07, 6.45) is -4.24. The van der Waals surface area contributed by atoms with Crippen LogP contribution in [0, 0.1) is 10.1 Å². The van der Waals surface area contributed by atoms with Crippen molar-refractivity contribution in [3.8, 4) is 0 Å². The summed E-state index contributed by atoms with van der Waals surface area (Å²) in [4.78, 5) is 12.2. The fourth-order valence-corrected chi connectivity index (χ4v) is 0.955. The summed E-state index contributed by atoms with van der Waals surface area (Å²) < 4.78 is 36.1. The normalized spacial score (nSPS) is 11.4. The van der Waals surface area contributed by atoms with Crippen LogP contribution in [0.1, 0.15) is 5.56 Å². The molecular formula is C6H2ClF3N2O2. The van der Waals surface area contributed by atoms with Gasteiger partial charge in [0.05, 0.1) is 0 Å². The first kappa shape index (κ1) is 10.7. The molecule has 0 bridgehead atoms. The van der Waals surface area contributed by atoms with Gasteiger partial charge in [0.1, 0.15) is 10.6 Å². The summed E-state index contributed by atoms with van der Waals surface area (Å²) in [7, 11) is 0. The molecule has 0 aliphatic rings. The zero-order valence-electron chi connectivity index (χ0n) is 6.38. The lowest BCUT2D eigenvalue weighted by molar-refractivity contribution is -0.389. The Morgan fingerprint density at radius 1 is 1.50 bits per heavy atom. The molecule has 0 N–H and O–H groups in total. The van der Waals surface area contributed by atoms with E-state index < -0.39 is 27.5 Å². The molecule has 0 fully saturated rings. The molecule has 0 unspecified atom stereocenters. The number of hydrogen-bond donors (Lipinski definition) is 0. The van der Waals surface area contributed by atoms with Crippen LogP contribution in [-0.2, 0) is 6.18 Å². The van der Waals surface area contributed by atoms with E-state index in [1.54, 1.807) is 0 Å². The Hall–Kier alpha value is -1.37. The molecule has 0 aliphatic carbocycles. The Morgan fingerprint density at radius 3 is 2.43 bits per heavy atom. The van der Waals surface area contributed by atoms with E-state index in [4.69, 9.17) is 11.6 Å². The van der Waals surface area contributed by atoms with Gasteiger partial charge >= 0.3 is 12.0 Å². The summed E-state index contributed by atoms with van der Waals surface area (Å²) >= 11 is 5.23. The monoisotopic (exact) mass is 226 g/mol. The Balaban J connectivity index is 3.20. The molecule has 1 heterocycles. The predicted molar refractivity (Wildman–Crippen MR) is 40.9 cm³/mol. The number of pyridine rings is 1. The highest BCUT2D eigenvalue weighted by molar-refractivity contribution is 6.32. The lowest BCUT2D eigenvalue weighted by atomic mass is 10.3. The molecule has 0 spiro atoms. The predicted octanol–water partition coefficient (Wildman–Crippen LogP) is 2.66. The zero-order chi connectivity index (χ0) is 10.9. The van der Waals surface area contributed by atoms with Crippen LogP contribution >= 0.6 is 11.6 Å². The van der Waals surface area contributed by atoms with Crippen LogP contribution in [0.2, 0.25) is 5.02 Å². The number of rotatable bonds is 1. The molecule has 0 aliphatic heterocycles. The van der Waals surface area contributed by atoms with Gasteiger partial charge in [-0.05, 0) is 16.0 Å². The van der Waals surface area contributed by atoms with Gasteiger partial charge in [0.2, 0.25) is 0 Å². The summed E-state index contributed by atoms with van der Waals surface area (Å²) in [5, 5.41) is 9.53. The quantitative estimate of drug-likeness (QED) is 0.546. The molecule has 76 valence electrons. The first-order chi connectivity index (χ1) is 6.32. The van der Waals surface area contributed by atoms with Gasteiger partial charge in [0.25, 0.3) is 0 Å². The fourth-order valence-electron chi connectivity index (χ4n) is 0.720. The maximum Gasteiger partial charge on any atom is 0.420 e. The van der Waals surface area contributed by atoms with Crippen molar-refractivity contribution in [2.45, 2.75) is 6.18 Å². The second kappa shape index (κ2) is 3.41. The van der Waals surface area contributed by atoms with Crippen molar-refractivity contribution in [3.63, 3.8) is 0 Å². The maximum absolute atomic E-state index is 12.0. The number of halogens is 4. The lowest BCUT2D eigenvalue weighted by Gasteiger charge is -2.04. The van der Waals surface area contributed by atoms with E-state index in [1.807, 2.05) is 0 Å². The highest BCUT2D eigenvalue weighted by Crippen LogP contribution is 2.32. The number of nitrogens with zero attached hydrogens (tertiary/aromatic N) is 2. The summed E-state index contributed by atoms with van der Waals surface area (Å²) in [6.45, 7) is 0. The minimum absolute atomic E-state index is 0.365. The van der Waals surface area contributed by atoms with Gasteiger partial charge in [0, 0.05) is 0 Å². The minimum atomic E-state index is -4.61. The van der Waals surface area contributed by atoms with E-state index in [0.717, 1.165) is 0 Å². The van der Waals surface area contributed by atoms with Gasteiger partial charge < -0.3 is 10.1 Å². The van der Waals surface area contributed by atoms with Crippen molar-refractivity contribution in [3.05, 3.63) is 33.0 Å². The van der Waals surface area contributed by atoms with Gasteiger partial charge in [-0.25, -0.2) is 0 Å². The molecule has 0 aromatic carbocycles. The average molecular weight is 227 g/mol. The van der Waals surface area contributed by atoms with Crippen LogP contribution in [0.15, 0.2) is 12.3 Å². The molecule has 8 heteroatoms. The highest BCUT2D eigenvalue weighted by Gasteiger charge is 2.34. The average Bonchev–Trinajstić information content (AvgIpc) is 2.01. The van der Waals surface area contributed by atoms with Crippen LogP contribution in [-0.4, -0.2) is 9.91 Å². The van der Waals surface area contributed by atoms with Crippen LogP contribution in [0.5, 0.6) is 0 Å². The molecule has 0 amide bonds. The van der Waals surface area contributed by atoms with E-state index in [-0.39, 0.29) is 0 Å². The van der Waals surface area contributed by atoms with Gasteiger partial charge in [-0.1, -0.05) is 11.6 Å². The molecular weight excluding hydrogens is 225 g/mol. The van der Waals surface area contributed by atoms with E-state index in [9.17, 15) is 23.3 Å². The van der Waals surface area contributed by atoms with Crippen LogP contribution in [0.4, 0.5) is 19.0 Å². The van der Waals surface area contributed by atoms with Crippen LogP contribution in [0.25, 0.3) is 0 Å². The van der Waals surface area contributed by atoms with Crippen molar-refractivity contribution in [1.82, 2.24) is 4.98 Å². The maximum atomic E-state index is 12.0. The number of nitro groups is 1. The molecule has 0 saturated heterocycles. The van der Waals surface area contributed by atoms with E-state index >= 15 is 0 Å². The lowest BCUT2D eigenvalue weighted by Crippen LogP contribution is -2.06. The molecule has 4 nitrogen and oxygen atoms in total. The van der Waals surface area contributed by atoms with Crippen molar-refractivity contribution in [2.24, 2.45) is 0 Å². The fraction of sp³-hybridized carbons (Fsp3) is 0.167. The van der Waals surface area contributed by atoms with Crippen molar-refractivity contribution in [1.29, 1.82) is 0 Å². The van der Waals surface area contributed by atoms with Gasteiger partial charge in [-0.3, -0.25) is 0 Å². The largest absolute Gasteiger partial charge is 0.420 e. The summed E-state index contributed by atoms with van der Waals surface area (Å²) in [5.74, 6) is -0.792. The second-order valence-corrected chi connectivity index (χ2v) is 2.69. The topological polar surface area (TPSA) is 56.0 Å². The molecule has 1 aromatic heterocycles.